The van der Waals surface area contributed by atoms with Gasteiger partial charge in [0, 0.05) is 4.47 Å². The molecule has 1 aliphatic rings. The molecule has 1 aliphatic heterocycles. The summed E-state index contributed by atoms with van der Waals surface area (Å²) < 4.78 is 5.89. The quantitative estimate of drug-likeness (QED) is 0.375. The topological polar surface area (TPSA) is 95.9 Å². The zero-order valence-corrected chi connectivity index (χ0v) is 17.7. The van der Waals surface area contributed by atoms with E-state index in [2.05, 4.69) is 21.2 Å². The molecule has 1 saturated heterocycles. The highest BCUT2D eigenvalue weighted by Crippen LogP contribution is 2.28. The third-order valence-corrected chi connectivity index (χ3v) is 4.91. The second-order valence-electron chi connectivity index (χ2n) is 5.81. The number of carbonyl (C=O) groups excluding carboxylic acids is 2. The number of hydrogen-bond donors (Lipinski definition) is 2. The van der Waals surface area contributed by atoms with E-state index in [-0.39, 0.29) is 21.5 Å². The Bertz CT molecular complexity index is 1060. The van der Waals surface area contributed by atoms with E-state index >= 15 is 0 Å². The number of rotatable bonds is 5. The molecule has 0 bridgehead atoms. The fourth-order valence-corrected chi connectivity index (χ4v) is 3.30. The van der Waals surface area contributed by atoms with Gasteiger partial charge < -0.3 is 9.84 Å². The second kappa shape index (κ2) is 8.73. The van der Waals surface area contributed by atoms with Gasteiger partial charge in [0.25, 0.3) is 11.8 Å². The highest BCUT2D eigenvalue weighted by Gasteiger charge is 2.34. The number of hydrogen-bond acceptors (Lipinski definition) is 5. The number of anilines is 1. The number of carboxylic acid groups (broad SMARTS) is 1. The molecule has 0 aromatic heterocycles. The average Bonchev–Trinajstić information content (AvgIpc) is 2.65. The van der Waals surface area contributed by atoms with Crippen molar-refractivity contribution in [2.75, 3.05) is 11.5 Å². The number of carbonyl (C=O) groups is 3. The number of carboxylic acids is 1. The Balaban J connectivity index is 1.91. The van der Waals surface area contributed by atoms with E-state index in [1.165, 1.54) is 23.1 Å². The Morgan fingerprint density at radius 2 is 1.93 bits per heavy atom. The van der Waals surface area contributed by atoms with Crippen LogP contribution < -0.4 is 15.0 Å². The molecular formula is C19H12BrClN2O5S. The van der Waals surface area contributed by atoms with Gasteiger partial charge in [-0.05, 0) is 60.3 Å². The Kier molecular flexibility index (Phi) is 6.31. The summed E-state index contributed by atoms with van der Waals surface area (Å²) in [5.74, 6) is -2.17. The predicted molar refractivity (Wildman–Crippen MR) is 115 cm³/mol. The first kappa shape index (κ1) is 21.0. The maximum absolute atomic E-state index is 12.9. The minimum absolute atomic E-state index is 0.0186. The van der Waals surface area contributed by atoms with Crippen molar-refractivity contribution >= 4 is 74.4 Å². The van der Waals surface area contributed by atoms with E-state index in [9.17, 15) is 14.4 Å². The van der Waals surface area contributed by atoms with Crippen molar-refractivity contribution in [2.45, 2.75) is 0 Å². The number of thiocarbonyl (C=S) groups is 1. The van der Waals surface area contributed by atoms with E-state index < -0.39 is 24.4 Å². The van der Waals surface area contributed by atoms with E-state index in [1.54, 1.807) is 30.3 Å². The summed E-state index contributed by atoms with van der Waals surface area (Å²) in [5.41, 5.74) is 0.834. The molecule has 0 aliphatic carbocycles. The van der Waals surface area contributed by atoms with Crippen LogP contribution in [0.15, 0.2) is 52.5 Å². The number of halogens is 2. The maximum Gasteiger partial charge on any atom is 0.341 e. The van der Waals surface area contributed by atoms with Crippen molar-refractivity contribution in [1.29, 1.82) is 0 Å². The normalized spacial score (nSPS) is 15.4. The van der Waals surface area contributed by atoms with Gasteiger partial charge in [-0.15, -0.1) is 0 Å². The first-order valence-corrected chi connectivity index (χ1v) is 9.65. The fraction of sp³-hybridized carbons (Fsp3) is 0.0526. The molecule has 0 unspecified atom stereocenters. The molecule has 2 aromatic rings. The van der Waals surface area contributed by atoms with E-state index in [1.807, 2.05) is 0 Å². The molecule has 1 heterocycles. The Morgan fingerprint density at radius 3 is 2.55 bits per heavy atom. The molecule has 0 radical (unpaired) electrons. The highest BCUT2D eigenvalue weighted by atomic mass is 79.9. The minimum Gasteiger partial charge on any atom is -0.480 e. The predicted octanol–water partition coefficient (Wildman–Crippen LogP) is 3.40. The fourth-order valence-electron chi connectivity index (χ4n) is 2.51. The van der Waals surface area contributed by atoms with Gasteiger partial charge in [-0.3, -0.25) is 19.8 Å². The summed E-state index contributed by atoms with van der Waals surface area (Å²) in [4.78, 5) is 37.1. The summed E-state index contributed by atoms with van der Waals surface area (Å²) in [6.07, 6.45) is 1.37. The second-order valence-corrected chi connectivity index (χ2v) is 7.52. The van der Waals surface area contributed by atoms with Crippen LogP contribution in [0.4, 0.5) is 5.69 Å². The number of nitrogens with one attached hydrogen (secondary N) is 1. The summed E-state index contributed by atoms with van der Waals surface area (Å²) in [6, 6.07) is 11.3. The molecule has 0 saturated carbocycles. The van der Waals surface area contributed by atoms with Crippen LogP contribution >= 0.6 is 39.7 Å². The molecule has 2 amide bonds. The number of ether oxygens (including phenoxy) is 1. The van der Waals surface area contributed by atoms with Gasteiger partial charge in [-0.2, -0.15) is 0 Å². The lowest BCUT2D eigenvalue weighted by Gasteiger charge is -2.29. The smallest absolute Gasteiger partial charge is 0.341 e. The van der Waals surface area contributed by atoms with Crippen molar-refractivity contribution in [3.8, 4) is 5.75 Å². The van der Waals surface area contributed by atoms with Crippen molar-refractivity contribution < 1.29 is 24.2 Å². The molecule has 0 spiro atoms. The van der Waals surface area contributed by atoms with Crippen LogP contribution in [0.3, 0.4) is 0 Å². The van der Waals surface area contributed by atoms with Crippen LogP contribution in [-0.2, 0) is 14.4 Å². The third kappa shape index (κ3) is 4.81. The molecule has 2 aromatic carbocycles. The largest absolute Gasteiger partial charge is 0.480 e. The number of amides is 2. The summed E-state index contributed by atoms with van der Waals surface area (Å²) in [7, 11) is 0. The van der Waals surface area contributed by atoms with E-state index in [4.69, 9.17) is 33.7 Å². The van der Waals surface area contributed by atoms with Crippen molar-refractivity contribution in [3.63, 3.8) is 0 Å². The van der Waals surface area contributed by atoms with Gasteiger partial charge in [-0.25, -0.2) is 4.79 Å². The lowest BCUT2D eigenvalue weighted by Crippen LogP contribution is -2.54. The van der Waals surface area contributed by atoms with Gasteiger partial charge in [0.05, 0.1) is 10.7 Å². The summed E-state index contributed by atoms with van der Waals surface area (Å²) in [6.45, 7) is -0.541. The van der Waals surface area contributed by atoms with E-state index in [0.29, 0.717) is 11.3 Å². The standard InChI is InChI=1S/C19H12BrClN2O5S/c20-11-2-4-12(5-3-11)23-18(27)13(17(26)22-19(23)29)7-10-1-6-15(14(21)8-10)28-9-16(24)25/h1-8H,9H2,(H,24,25)(H,22,26,29). The monoisotopic (exact) mass is 494 g/mol. The average molecular weight is 496 g/mol. The molecule has 1 fully saturated rings. The molecule has 3 rings (SSSR count). The lowest BCUT2D eigenvalue weighted by molar-refractivity contribution is -0.139. The van der Waals surface area contributed by atoms with Crippen LogP contribution in [0.25, 0.3) is 6.08 Å². The van der Waals surface area contributed by atoms with Crippen LogP contribution in [0.2, 0.25) is 5.02 Å². The van der Waals surface area contributed by atoms with Crippen LogP contribution in [0, 0.1) is 0 Å². The summed E-state index contributed by atoms with van der Waals surface area (Å²) in [5, 5.41) is 11.3. The molecule has 29 heavy (non-hydrogen) atoms. The zero-order chi connectivity index (χ0) is 21.1. The summed E-state index contributed by atoms with van der Waals surface area (Å²) >= 11 is 14.6. The Labute approximate surface area is 184 Å². The van der Waals surface area contributed by atoms with Crippen LogP contribution in [0.5, 0.6) is 5.75 Å². The first-order chi connectivity index (χ1) is 13.8. The van der Waals surface area contributed by atoms with Gasteiger partial charge in [0.1, 0.15) is 11.3 Å². The first-order valence-electron chi connectivity index (χ1n) is 8.07. The number of benzene rings is 2. The Morgan fingerprint density at radius 1 is 1.24 bits per heavy atom. The maximum atomic E-state index is 12.9. The van der Waals surface area contributed by atoms with Crippen molar-refractivity contribution in [2.24, 2.45) is 0 Å². The molecule has 2 N–H and O–H groups in total. The highest BCUT2D eigenvalue weighted by molar-refractivity contribution is 9.10. The molecule has 10 heteroatoms. The number of aliphatic carboxylic acids is 1. The molecular weight excluding hydrogens is 484 g/mol. The van der Waals surface area contributed by atoms with Gasteiger partial charge in [-0.1, -0.05) is 33.6 Å². The zero-order valence-electron chi connectivity index (χ0n) is 14.5. The SMILES string of the molecule is O=C(O)COc1ccc(C=C2C(=O)NC(=S)N(c3ccc(Br)cc3)C2=O)cc1Cl. The lowest BCUT2D eigenvalue weighted by atomic mass is 10.1. The van der Waals surface area contributed by atoms with Crippen molar-refractivity contribution in [1.82, 2.24) is 5.32 Å². The van der Waals surface area contributed by atoms with E-state index in [0.717, 1.165) is 4.47 Å². The van der Waals surface area contributed by atoms with Crippen LogP contribution in [0.1, 0.15) is 5.56 Å². The minimum atomic E-state index is -1.14. The molecule has 0 atom stereocenters. The van der Waals surface area contributed by atoms with Crippen molar-refractivity contribution in [3.05, 3.63) is 63.1 Å². The molecule has 148 valence electrons. The third-order valence-electron chi connectivity index (χ3n) is 3.80. The Hall–Kier alpha value is -2.75. The van der Waals surface area contributed by atoms with Gasteiger partial charge in [0.2, 0.25) is 0 Å². The molecule has 7 nitrogen and oxygen atoms in total. The van der Waals surface area contributed by atoms with Gasteiger partial charge >= 0.3 is 5.97 Å². The van der Waals surface area contributed by atoms with Crippen LogP contribution in [-0.4, -0.2) is 34.6 Å². The number of nitrogens with zero attached hydrogens (tertiary/aromatic N) is 1. The van der Waals surface area contributed by atoms with Gasteiger partial charge in [0.15, 0.2) is 11.7 Å².